The van der Waals surface area contributed by atoms with Crippen LogP contribution in [0.15, 0.2) is 42.5 Å². The topological polar surface area (TPSA) is 43.8 Å². The van der Waals surface area contributed by atoms with Crippen molar-refractivity contribution < 1.29 is 23.1 Å². The molecule has 0 saturated carbocycles. The van der Waals surface area contributed by atoms with Crippen LogP contribution in [0.5, 0.6) is 0 Å². The number of fused-ring (bicyclic) bond motifs is 3. The van der Waals surface area contributed by atoms with Crippen molar-refractivity contribution in [2.75, 3.05) is 22.9 Å². The fourth-order valence-electron chi connectivity index (χ4n) is 4.13. The van der Waals surface area contributed by atoms with Gasteiger partial charge in [-0.2, -0.15) is 13.2 Å². The van der Waals surface area contributed by atoms with Crippen molar-refractivity contribution in [2.24, 2.45) is 5.92 Å². The zero-order valence-corrected chi connectivity index (χ0v) is 15.5. The molecule has 2 atom stereocenters. The predicted octanol–water partition coefficient (Wildman–Crippen LogP) is 5.18. The van der Waals surface area contributed by atoms with Gasteiger partial charge in [0.05, 0.1) is 27.9 Å². The van der Waals surface area contributed by atoms with E-state index in [1.807, 2.05) is 17.0 Å². The van der Waals surface area contributed by atoms with Gasteiger partial charge >= 0.3 is 12.1 Å². The monoisotopic (exact) mass is 410 g/mol. The van der Waals surface area contributed by atoms with Gasteiger partial charge in [-0.05, 0) is 49.2 Å². The van der Waals surface area contributed by atoms with Crippen LogP contribution in [0.4, 0.5) is 30.2 Å². The summed E-state index contributed by atoms with van der Waals surface area (Å²) in [5.41, 5.74) is 1.54. The fraction of sp³-hybridized carbons (Fsp3) is 0.350. The summed E-state index contributed by atoms with van der Waals surface area (Å²) in [6, 6.07) is 10.4. The second-order valence-corrected chi connectivity index (χ2v) is 7.58. The maximum atomic E-state index is 12.9. The molecule has 1 N–H and O–H groups in total. The van der Waals surface area contributed by atoms with Crippen molar-refractivity contribution in [1.29, 1.82) is 0 Å². The lowest BCUT2D eigenvalue weighted by Gasteiger charge is -2.48. The molecule has 0 aliphatic carbocycles. The Kier molecular flexibility index (Phi) is 4.65. The third-order valence-corrected chi connectivity index (χ3v) is 5.81. The SMILES string of the molecule is O=C(O)[C@@H]1CCN2c3c(Cl)cccc3N(c3ccc(C(F)(F)F)cc3)C[C@@H]2C1. The first-order chi connectivity index (χ1) is 13.3. The van der Waals surface area contributed by atoms with Gasteiger partial charge in [-0.15, -0.1) is 0 Å². The van der Waals surface area contributed by atoms with E-state index in [2.05, 4.69) is 4.90 Å². The number of carboxylic acids is 1. The van der Waals surface area contributed by atoms with Gasteiger partial charge in [-0.3, -0.25) is 4.79 Å². The number of nitrogens with zero attached hydrogens (tertiary/aromatic N) is 2. The van der Waals surface area contributed by atoms with Gasteiger partial charge in [0.2, 0.25) is 0 Å². The Morgan fingerprint density at radius 2 is 1.86 bits per heavy atom. The van der Waals surface area contributed by atoms with Crippen LogP contribution in [-0.4, -0.2) is 30.2 Å². The highest BCUT2D eigenvalue weighted by Crippen LogP contribution is 2.46. The van der Waals surface area contributed by atoms with Gasteiger partial charge < -0.3 is 14.9 Å². The number of benzene rings is 2. The normalized spacial score (nSPS) is 21.9. The Hall–Kier alpha value is -2.41. The van der Waals surface area contributed by atoms with Crippen molar-refractivity contribution in [2.45, 2.75) is 25.1 Å². The van der Waals surface area contributed by atoms with Crippen LogP contribution < -0.4 is 9.80 Å². The minimum Gasteiger partial charge on any atom is -0.481 e. The highest BCUT2D eigenvalue weighted by atomic mass is 35.5. The Morgan fingerprint density at radius 1 is 1.14 bits per heavy atom. The van der Waals surface area contributed by atoms with Crippen LogP contribution in [0, 0.1) is 5.92 Å². The minimum absolute atomic E-state index is 0.0791. The van der Waals surface area contributed by atoms with E-state index < -0.39 is 23.6 Å². The third-order valence-electron chi connectivity index (χ3n) is 5.51. The first kappa shape index (κ1) is 18.9. The first-order valence-electron chi connectivity index (χ1n) is 8.98. The largest absolute Gasteiger partial charge is 0.481 e. The van der Waals surface area contributed by atoms with E-state index in [0.29, 0.717) is 36.6 Å². The number of rotatable bonds is 2. The molecule has 1 saturated heterocycles. The number of piperidine rings is 1. The Labute approximate surface area is 165 Å². The van der Waals surface area contributed by atoms with Gasteiger partial charge in [-0.1, -0.05) is 17.7 Å². The maximum Gasteiger partial charge on any atom is 0.416 e. The van der Waals surface area contributed by atoms with Crippen LogP contribution in [0.25, 0.3) is 0 Å². The van der Waals surface area contributed by atoms with E-state index in [1.54, 1.807) is 6.07 Å². The third kappa shape index (κ3) is 3.28. The standard InChI is InChI=1S/C20H18ClF3N2O2/c21-16-2-1-3-17-18(16)25-9-8-12(19(27)28)10-15(25)11-26(17)14-6-4-13(5-7-14)20(22,23)24/h1-7,12,15H,8-11H2,(H,27,28)/t12-,15+/m1/s1. The highest BCUT2D eigenvalue weighted by molar-refractivity contribution is 6.34. The molecule has 1 fully saturated rings. The van der Waals surface area contributed by atoms with Gasteiger partial charge in [0, 0.05) is 24.8 Å². The lowest BCUT2D eigenvalue weighted by atomic mass is 9.88. The zero-order valence-electron chi connectivity index (χ0n) is 14.8. The summed E-state index contributed by atoms with van der Waals surface area (Å²) < 4.78 is 38.7. The van der Waals surface area contributed by atoms with Crippen LogP contribution >= 0.6 is 11.6 Å². The van der Waals surface area contributed by atoms with Crippen LogP contribution in [0.3, 0.4) is 0 Å². The lowest BCUT2D eigenvalue weighted by Crippen LogP contribution is -2.52. The molecule has 2 aromatic rings. The van der Waals surface area contributed by atoms with Crippen molar-refractivity contribution in [3.63, 3.8) is 0 Å². The molecule has 0 amide bonds. The zero-order chi connectivity index (χ0) is 20.1. The highest BCUT2D eigenvalue weighted by Gasteiger charge is 2.39. The molecule has 2 aliphatic heterocycles. The smallest absolute Gasteiger partial charge is 0.416 e. The van der Waals surface area contributed by atoms with Gasteiger partial charge in [0.1, 0.15) is 0 Å². The average molecular weight is 411 g/mol. The average Bonchev–Trinajstić information content (AvgIpc) is 2.66. The first-order valence-corrected chi connectivity index (χ1v) is 9.36. The number of halogens is 4. The quantitative estimate of drug-likeness (QED) is 0.740. The van der Waals surface area contributed by atoms with Crippen molar-refractivity contribution in [3.8, 4) is 0 Å². The Bertz CT molecular complexity index is 901. The molecule has 0 aromatic heterocycles. The second kappa shape index (κ2) is 6.88. The van der Waals surface area contributed by atoms with E-state index in [4.69, 9.17) is 11.6 Å². The molecule has 2 aromatic carbocycles. The van der Waals surface area contributed by atoms with Gasteiger partial charge in [0.25, 0.3) is 0 Å². The van der Waals surface area contributed by atoms with Crippen molar-refractivity contribution in [3.05, 3.63) is 53.1 Å². The number of anilines is 3. The summed E-state index contributed by atoms with van der Waals surface area (Å²) in [4.78, 5) is 15.5. The molecule has 2 aliphatic rings. The fourth-order valence-corrected chi connectivity index (χ4v) is 4.41. The summed E-state index contributed by atoms with van der Waals surface area (Å²) in [6.07, 6.45) is -3.38. The molecule has 2 heterocycles. The van der Waals surface area contributed by atoms with Crippen LogP contribution in [-0.2, 0) is 11.0 Å². The second-order valence-electron chi connectivity index (χ2n) is 7.17. The van der Waals surface area contributed by atoms with Crippen LogP contribution in [0.2, 0.25) is 5.02 Å². The molecule has 0 unspecified atom stereocenters. The molecule has 28 heavy (non-hydrogen) atoms. The molecule has 0 bridgehead atoms. The number of hydrogen-bond donors (Lipinski definition) is 1. The summed E-state index contributed by atoms with van der Waals surface area (Å²) in [6.45, 7) is 1.07. The maximum absolute atomic E-state index is 12.9. The lowest BCUT2D eigenvalue weighted by molar-refractivity contribution is -0.142. The molecular weight excluding hydrogens is 393 g/mol. The molecule has 0 spiro atoms. The Balaban J connectivity index is 1.74. The van der Waals surface area contributed by atoms with E-state index in [1.165, 1.54) is 12.1 Å². The predicted molar refractivity (Wildman–Crippen MR) is 101 cm³/mol. The van der Waals surface area contributed by atoms with E-state index in [-0.39, 0.29) is 6.04 Å². The number of alkyl halides is 3. The van der Waals surface area contributed by atoms with Crippen molar-refractivity contribution in [1.82, 2.24) is 0 Å². The summed E-state index contributed by atoms with van der Waals surface area (Å²) in [5, 5.41) is 9.95. The number of aliphatic carboxylic acids is 1. The number of carbonyl (C=O) groups is 1. The van der Waals surface area contributed by atoms with E-state index in [9.17, 15) is 23.1 Å². The number of carboxylic acid groups (broad SMARTS) is 1. The van der Waals surface area contributed by atoms with Gasteiger partial charge in [-0.25, -0.2) is 0 Å². The number of hydrogen-bond acceptors (Lipinski definition) is 3. The summed E-state index contributed by atoms with van der Waals surface area (Å²) in [7, 11) is 0. The van der Waals surface area contributed by atoms with E-state index >= 15 is 0 Å². The van der Waals surface area contributed by atoms with E-state index in [0.717, 1.165) is 23.5 Å². The van der Waals surface area contributed by atoms with Crippen molar-refractivity contribution >= 4 is 34.6 Å². The summed E-state index contributed by atoms with van der Waals surface area (Å²) >= 11 is 6.47. The molecule has 148 valence electrons. The molecule has 8 heteroatoms. The molecule has 0 radical (unpaired) electrons. The molecule has 4 rings (SSSR count). The summed E-state index contributed by atoms with van der Waals surface area (Å²) in [5.74, 6) is -1.24. The molecular formula is C20H18ClF3N2O2. The van der Waals surface area contributed by atoms with Crippen LogP contribution in [0.1, 0.15) is 18.4 Å². The number of para-hydroxylation sites is 1. The minimum atomic E-state index is -4.39. The Morgan fingerprint density at radius 3 is 2.50 bits per heavy atom. The van der Waals surface area contributed by atoms with Gasteiger partial charge in [0.15, 0.2) is 0 Å². The molecule has 4 nitrogen and oxygen atoms in total.